The topological polar surface area (TPSA) is 72.6 Å². The van der Waals surface area contributed by atoms with E-state index in [0.717, 1.165) is 0 Å². The Bertz CT molecular complexity index is 296. The Morgan fingerprint density at radius 2 is 2.50 bits per heavy atom. The summed E-state index contributed by atoms with van der Waals surface area (Å²) in [5.74, 6) is -0.761. The van der Waals surface area contributed by atoms with Gasteiger partial charge < -0.3 is 14.4 Å². The summed E-state index contributed by atoms with van der Waals surface area (Å²) in [7, 11) is 1.48. The number of methoxy groups -OCH3 is 1. The van der Waals surface area contributed by atoms with E-state index < -0.39 is 5.97 Å². The van der Waals surface area contributed by atoms with Crippen LogP contribution in [0.4, 0.5) is 0 Å². The fourth-order valence-electron chi connectivity index (χ4n) is 0.667. The molecule has 6 heteroatoms. The second-order valence-corrected chi connectivity index (χ2v) is 2.80. The summed E-state index contributed by atoms with van der Waals surface area (Å²) in [5.41, 5.74) is -0.137. The van der Waals surface area contributed by atoms with Crippen LogP contribution >= 0.6 is 15.9 Å². The zero-order chi connectivity index (χ0) is 9.14. The van der Waals surface area contributed by atoms with Gasteiger partial charge in [-0.3, -0.25) is 0 Å². The first-order valence-electron chi connectivity index (χ1n) is 3.03. The van der Waals surface area contributed by atoms with Gasteiger partial charge in [0.25, 0.3) is 0 Å². The zero-order valence-corrected chi connectivity index (χ0v) is 7.79. The van der Waals surface area contributed by atoms with Gasteiger partial charge in [-0.25, -0.2) is 4.79 Å². The molecule has 0 radical (unpaired) electrons. The van der Waals surface area contributed by atoms with Crippen molar-refractivity contribution in [1.29, 1.82) is 0 Å². The molecule has 0 spiro atoms. The van der Waals surface area contributed by atoms with Crippen LogP contribution in [-0.4, -0.2) is 23.3 Å². The van der Waals surface area contributed by atoms with Gasteiger partial charge >= 0.3 is 5.97 Å². The van der Waals surface area contributed by atoms with Crippen LogP contribution in [0.15, 0.2) is 9.00 Å². The molecule has 1 aromatic heterocycles. The minimum Gasteiger partial charge on any atom is -0.476 e. The zero-order valence-electron chi connectivity index (χ0n) is 6.20. The molecule has 1 N–H and O–H groups in total. The number of carboxylic acid groups (broad SMARTS) is 1. The maximum atomic E-state index is 10.4. The maximum absolute atomic E-state index is 10.4. The van der Waals surface area contributed by atoms with E-state index in [0.29, 0.717) is 10.2 Å². The molecule has 0 amide bonds. The molecule has 0 saturated carbocycles. The molecule has 0 bridgehead atoms. The normalized spacial score (nSPS) is 10.2. The average molecular weight is 236 g/mol. The largest absolute Gasteiger partial charge is 0.476 e. The van der Waals surface area contributed by atoms with Gasteiger partial charge in [-0.05, 0) is 15.9 Å². The first kappa shape index (κ1) is 9.21. The molecule has 0 saturated heterocycles. The van der Waals surface area contributed by atoms with Crippen molar-refractivity contribution in [2.75, 3.05) is 7.11 Å². The van der Waals surface area contributed by atoms with E-state index in [2.05, 4.69) is 21.1 Å². The quantitative estimate of drug-likeness (QED) is 0.855. The van der Waals surface area contributed by atoms with Crippen LogP contribution < -0.4 is 0 Å². The summed E-state index contributed by atoms with van der Waals surface area (Å²) < 4.78 is 9.77. The van der Waals surface area contributed by atoms with E-state index in [1.54, 1.807) is 0 Å². The smallest absolute Gasteiger partial charge is 0.359 e. The summed E-state index contributed by atoms with van der Waals surface area (Å²) in [6.07, 6.45) is 0. The van der Waals surface area contributed by atoms with Crippen molar-refractivity contribution in [1.82, 2.24) is 5.16 Å². The molecule has 0 aliphatic heterocycles. The van der Waals surface area contributed by atoms with Gasteiger partial charge in [0.05, 0.1) is 4.47 Å². The first-order valence-corrected chi connectivity index (χ1v) is 3.82. The van der Waals surface area contributed by atoms with Crippen molar-refractivity contribution in [3.8, 4) is 0 Å². The van der Waals surface area contributed by atoms with Crippen LogP contribution in [0.5, 0.6) is 0 Å². The Morgan fingerprint density at radius 3 is 2.92 bits per heavy atom. The molecule has 5 nitrogen and oxygen atoms in total. The average Bonchev–Trinajstić information content (AvgIpc) is 2.34. The Labute approximate surface area is 76.4 Å². The SMILES string of the molecule is COCc1onc(C(=O)O)c1Br. The number of hydrogen-bond donors (Lipinski definition) is 1. The predicted octanol–water partition coefficient (Wildman–Crippen LogP) is 1.28. The minimum absolute atomic E-state index is 0.137. The number of carboxylic acids is 1. The van der Waals surface area contributed by atoms with E-state index in [4.69, 9.17) is 14.4 Å². The highest BCUT2D eigenvalue weighted by atomic mass is 79.9. The van der Waals surface area contributed by atoms with Crippen molar-refractivity contribution in [3.63, 3.8) is 0 Å². The highest BCUT2D eigenvalue weighted by Crippen LogP contribution is 2.21. The molecule has 0 aromatic carbocycles. The van der Waals surface area contributed by atoms with Crippen molar-refractivity contribution in [3.05, 3.63) is 15.9 Å². The van der Waals surface area contributed by atoms with Crippen molar-refractivity contribution in [2.45, 2.75) is 6.61 Å². The van der Waals surface area contributed by atoms with Crippen molar-refractivity contribution in [2.24, 2.45) is 0 Å². The molecular formula is C6H6BrNO4. The predicted molar refractivity (Wildman–Crippen MR) is 41.9 cm³/mol. The van der Waals surface area contributed by atoms with E-state index in [-0.39, 0.29) is 12.3 Å². The second kappa shape index (κ2) is 3.68. The van der Waals surface area contributed by atoms with Gasteiger partial charge in [0.1, 0.15) is 6.61 Å². The number of nitrogens with zero attached hydrogens (tertiary/aromatic N) is 1. The third-order valence-electron chi connectivity index (χ3n) is 1.18. The third-order valence-corrected chi connectivity index (χ3v) is 2.00. The van der Waals surface area contributed by atoms with Gasteiger partial charge in [-0.2, -0.15) is 0 Å². The minimum atomic E-state index is -1.13. The number of aromatic nitrogens is 1. The fourth-order valence-corrected chi connectivity index (χ4v) is 1.10. The number of hydrogen-bond acceptors (Lipinski definition) is 4. The molecule has 0 unspecified atom stereocenters. The van der Waals surface area contributed by atoms with E-state index >= 15 is 0 Å². The Hall–Kier alpha value is -0.880. The molecule has 0 fully saturated rings. The van der Waals surface area contributed by atoms with Crippen LogP contribution in [-0.2, 0) is 11.3 Å². The lowest BCUT2D eigenvalue weighted by Gasteiger charge is -1.91. The lowest BCUT2D eigenvalue weighted by atomic mass is 10.4. The molecule has 1 rings (SSSR count). The maximum Gasteiger partial charge on any atom is 0.359 e. The highest BCUT2D eigenvalue weighted by Gasteiger charge is 2.18. The van der Waals surface area contributed by atoms with Crippen molar-refractivity contribution >= 4 is 21.9 Å². The summed E-state index contributed by atoms with van der Waals surface area (Å²) in [4.78, 5) is 10.4. The summed E-state index contributed by atoms with van der Waals surface area (Å²) >= 11 is 3.04. The van der Waals surface area contributed by atoms with Crippen LogP contribution in [0.2, 0.25) is 0 Å². The molecule has 66 valence electrons. The molecule has 1 aromatic rings. The van der Waals surface area contributed by atoms with Gasteiger partial charge in [0, 0.05) is 7.11 Å². The number of ether oxygens (including phenoxy) is 1. The van der Waals surface area contributed by atoms with E-state index in [9.17, 15) is 4.79 Å². The van der Waals surface area contributed by atoms with Crippen LogP contribution in [0.25, 0.3) is 0 Å². The van der Waals surface area contributed by atoms with Crippen LogP contribution in [0.3, 0.4) is 0 Å². The van der Waals surface area contributed by atoms with Crippen LogP contribution in [0.1, 0.15) is 16.2 Å². The second-order valence-electron chi connectivity index (χ2n) is 2.01. The first-order chi connectivity index (χ1) is 5.66. The fraction of sp³-hybridized carbons (Fsp3) is 0.333. The van der Waals surface area contributed by atoms with E-state index in [1.165, 1.54) is 7.11 Å². The summed E-state index contributed by atoms with van der Waals surface area (Å²) in [6, 6.07) is 0. The van der Waals surface area contributed by atoms with E-state index in [1.807, 2.05) is 0 Å². The molecule has 0 aliphatic rings. The molecule has 12 heavy (non-hydrogen) atoms. The lowest BCUT2D eigenvalue weighted by molar-refractivity contribution is 0.0684. The summed E-state index contributed by atoms with van der Waals surface area (Å²) in [6.45, 7) is 0.195. The van der Waals surface area contributed by atoms with Gasteiger partial charge in [-0.15, -0.1) is 0 Å². The third kappa shape index (κ3) is 1.64. The molecule has 0 aliphatic carbocycles. The summed E-state index contributed by atoms with van der Waals surface area (Å²) in [5, 5.41) is 11.9. The Morgan fingerprint density at radius 1 is 1.83 bits per heavy atom. The standard InChI is InChI=1S/C6H6BrNO4/c1-11-2-3-4(7)5(6(9)10)8-12-3/h2H2,1H3,(H,9,10). The van der Waals surface area contributed by atoms with Crippen LogP contribution in [0, 0.1) is 0 Å². The molecule has 0 atom stereocenters. The lowest BCUT2D eigenvalue weighted by Crippen LogP contribution is -1.97. The van der Waals surface area contributed by atoms with Gasteiger partial charge in [-0.1, -0.05) is 5.16 Å². The number of rotatable bonds is 3. The Balaban J connectivity index is 2.96. The Kier molecular flexibility index (Phi) is 2.83. The van der Waals surface area contributed by atoms with Gasteiger partial charge in [0.15, 0.2) is 5.76 Å². The van der Waals surface area contributed by atoms with Gasteiger partial charge in [0.2, 0.25) is 5.69 Å². The highest BCUT2D eigenvalue weighted by molar-refractivity contribution is 9.10. The molecular weight excluding hydrogens is 230 g/mol. The number of aromatic carboxylic acids is 1. The molecule has 1 heterocycles. The number of halogens is 1. The number of carbonyl (C=O) groups is 1. The van der Waals surface area contributed by atoms with Crippen molar-refractivity contribution < 1.29 is 19.2 Å². The monoisotopic (exact) mass is 235 g/mol.